The summed E-state index contributed by atoms with van der Waals surface area (Å²) in [5.74, 6) is 1.02. The van der Waals surface area contributed by atoms with Crippen LogP contribution in [0, 0.1) is 0 Å². The second kappa shape index (κ2) is 9.19. The van der Waals surface area contributed by atoms with E-state index in [0.717, 1.165) is 29.1 Å². The van der Waals surface area contributed by atoms with Crippen molar-refractivity contribution in [2.24, 2.45) is 0 Å². The third-order valence-corrected chi connectivity index (χ3v) is 4.94. The highest BCUT2D eigenvalue weighted by molar-refractivity contribution is 7.99. The molecule has 1 aromatic heterocycles. The number of carbonyl (C=O) groups is 1. The Labute approximate surface area is 163 Å². The van der Waals surface area contributed by atoms with Gasteiger partial charge in [0.1, 0.15) is 10.8 Å². The minimum absolute atomic E-state index is 0.0646. The van der Waals surface area contributed by atoms with Crippen LogP contribution in [-0.2, 0) is 11.2 Å². The number of hydrogen-bond donors (Lipinski definition) is 1. The summed E-state index contributed by atoms with van der Waals surface area (Å²) < 4.78 is 5.16. The van der Waals surface area contributed by atoms with Gasteiger partial charge in [-0.2, -0.15) is 0 Å². The standard InChI is InChI=1S/C21H21N3O2S/c1-3-15-4-8-17(9-5-15)22-20(25)14-27-21-13-12-19(23-24-21)16-6-10-18(26-2)11-7-16/h4-13H,3,14H2,1-2H3,(H,22,25). The van der Waals surface area contributed by atoms with Gasteiger partial charge in [-0.15, -0.1) is 10.2 Å². The maximum Gasteiger partial charge on any atom is 0.234 e. The van der Waals surface area contributed by atoms with Gasteiger partial charge >= 0.3 is 0 Å². The fourth-order valence-corrected chi connectivity index (χ4v) is 3.09. The first-order chi connectivity index (χ1) is 13.2. The summed E-state index contributed by atoms with van der Waals surface area (Å²) in [4.78, 5) is 12.1. The van der Waals surface area contributed by atoms with Crippen molar-refractivity contribution >= 4 is 23.4 Å². The molecule has 0 spiro atoms. The van der Waals surface area contributed by atoms with Gasteiger partial charge in [0.2, 0.25) is 5.91 Å². The molecular formula is C21H21N3O2S. The smallest absolute Gasteiger partial charge is 0.234 e. The fraction of sp³-hybridized carbons (Fsp3) is 0.190. The van der Waals surface area contributed by atoms with Crippen LogP contribution >= 0.6 is 11.8 Å². The number of aromatic nitrogens is 2. The van der Waals surface area contributed by atoms with E-state index in [1.807, 2.05) is 60.7 Å². The van der Waals surface area contributed by atoms with E-state index in [4.69, 9.17) is 4.74 Å². The van der Waals surface area contributed by atoms with Crippen LogP contribution in [0.2, 0.25) is 0 Å². The lowest BCUT2D eigenvalue weighted by Gasteiger charge is -2.06. The van der Waals surface area contributed by atoms with Gasteiger partial charge in [-0.25, -0.2) is 0 Å². The molecule has 0 atom stereocenters. The van der Waals surface area contributed by atoms with Crippen molar-refractivity contribution in [3.8, 4) is 17.0 Å². The zero-order valence-electron chi connectivity index (χ0n) is 15.3. The van der Waals surface area contributed by atoms with Crippen molar-refractivity contribution in [3.05, 3.63) is 66.2 Å². The molecule has 2 aromatic carbocycles. The Morgan fingerprint density at radius 3 is 2.33 bits per heavy atom. The molecule has 138 valence electrons. The first-order valence-electron chi connectivity index (χ1n) is 8.67. The van der Waals surface area contributed by atoms with Crippen molar-refractivity contribution in [1.82, 2.24) is 10.2 Å². The first-order valence-corrected chi connectivity index (χ1v) is 9.66. The summed E-state index contributed by atoms with van der Waals surface area (Å²) in [5, 5.41) is 12.0. The Balaban J connectivity index is 1.53. The number of ether oxygens (including phenoxy) is 1. The molecule has 3 rings (SSSR count). The van der Waals surface area contributed by atoms with E-state index in [9.17, 15) is 4.79 Å². The largest absolute Gasteiger partial charge is 0.497 e. The zero-order valence-corrected chi connectivity index (χ0v) is 16.1. The summed E-state index contributed by atoms with van der Waals surface area (Å²) >= 11 is 1.36. The average Bonchev–Trinajstić information content (AvgIpc) is 2.73. The van der Waals surface area contributed by atoms with Crippen LogP contribution in [0.5, 0.6) is 5.75 Å². The molecule has 1 N–H and O–H groups in total. The number of nitrogens with zero attached hydrogens (tertiary/aromatic N) is 2. The van der Waals surface area contributed by atoms with E-state index in [1.165, 1.54) is 17.3 Å². The lowest BCUT2D eigenvalue weighted by Crippen LogP contribution is -2.14. The number of methoxy groups -OCH3 is 1. The second-order valence-corrected chi connectivity index (χ2v) is 6.87. The van der Waals surface area contributed by atoms with Crippen LogP contribution in [0.4, 0.5) is 5.69 Å². The molecule has 5 nitrogen and oxygen atoms in total. The molecule has 6 heteroatoms. The van der Waals surface area contributed by atoms with Gasteiger partial charge in [-0.1, -0.05) is 30.8 Å². The van der Waals surface area contributed by atoms with E-state index in [2.05, 4.69) is 22.4 Å². The van der Waals surface area contributed by atoms with Gasteiger partial charge in [-0.05, 0) is 60.5 Å². The Kier molecular flexibility index (Phi) is 6.44. The van der Waals surface area contributed by atoms with Crippen molar-refractivity contribution in [3.63, 3.8) is 0 Å². The number of rotatable bonds is 7. The number of carbonyl (C=O) groups excluding carboxylic acids is 1. The molecule has 0 bridgehead atoms. The second-order valence-electron chi connectivity index (χ2n) is 5.87. The van der Waals surface area contributed by atoms with Gasteiger partial charge in [0.15, 0.2) is 0 Å². The third-order valence-electron chi connectivity index (χ3n) is 4.02. The van der Waals surface area contributed by atoms with E-state index in [1.54, 1.807) is 7.11 Å². The highest BCUT2D eigenvalue weighted by Gasteiger charge is 2.06. The Bertz CT molecular complexity index is 879. The van der Waals surface area contributed by atoms with Gasteiger partial charge in [0.05, 0.1) is 18.6 Å². The van der Waals surface area contributed by atoms with E-state index in [0.29, 0.717) is 5.03 Å². The SMILES string of the molecule is CCc1ccc(NC(=O)CSc2ccc(-c3ccc(OC)cc3)nn2)cc1. The summed E-state index contributed by atoms with van der Waals surface area (Å²) in [6.45, 7) is 2.10. The zero-order chi connectivity index (χ0) is 19.1. The van der Waals surface area contributed by atoms with E-state index < -0.39 is 0 Å². The van der Waals surface area contributed by atoms with Crippen LogP contribution in [-0.4, -0.2) is 29.0 Å². The van der Waals surface area contributed by atoms with Gasteiger partial charge in [0.25, 0.3) is 0 Å². The van der Waals surface area contributed by atoms with Crippen molar-refractivity contribution in [2.75, 3.05) is 18.2 Å². The van der Waals surface area contributed by atoms with E-state index in [-0.39, 0.29) is 11.7 Å². The molecule has 0 saturated heterocycles. The number of amides is 1. The Morgan fingerprint density at radius 2 is 1.74 bits per heavy atom. The highest BCUT2D eigenvalue weighted by Crippen LogP contribution is 2.22. The van der Waals surface area contributed by atoms with Crippen LogP contribution < -0.4 is 10.1 Å². The predicted molar refractivity (Wildman–Crippen MR) is 109 cm³/mol. The molecule has 0 saturated carbocycles. The van der Waals surface area contributed by atoms with Crippen LogP contribution in [0.3, 0.4) is 0 Å². The number of benzene rings is 2. The minimum Gasteiger partial charge on any atom is -0.497 e. The number of anilines is 1. The predicted octanol–water partition coefficient (Wildman–Crippen LogP) is 4.45. The van der Waals surface area contributed by atoms with E-state index >= 15 is 0 Å². The number of hydrogen-bond acceptors (Lipinski definition) is 5. The van der Waals surface area contributed by atoms with Crippen molar-refractivity contribution < 1.29 is 9.53 Å². The summed E-state index contributed by atoms with van der Waals surface area (Å²) in [6.07, 6.45) is 0.981. The molecular weight excluding hydrogens is 358 g/mol. The average molecular weight is 379 g/mol. The van der Waals surface area contributed by atoms with Gasteiger partial charge in [0, 0.05) is 11.3 Å². The van der Waals surface area contributed by atoms with Crippen molar-refractivity contribution in [2.45, 2.75) is 18.4 Å². The Morgan fingerprint density at radius 1 is 1.00 bits per heavy atom. The molecule has 0 aliphatic rings. The van der Waals surface area contributed by atoms with Crippen molar-refractivity contribution in [1.29, 1.82) is 0 Å². The topological polar surface area (TPSA) is 64.1 Å². The number of thioether (sulfide) groups is 1. The van der Waals surface area contributed by atoms with Crippen LogP contribution in [0.25, 0.3) is 11.3 Å². The fourth-order valence-electron chi connectivity index (χ4n) is 2.47. The third kappa shape index (κ3) is 5.31. The summed E-state index contributed by atoms with van der Waals surface area (Å²) in [7, 11) is 1.64. The van der Waals surface area contributed by atoms with Crippen LogP contribution in [0.15, 0.2) is 65.7 Å². The lowest BCUT2D eigenvalue weighted by molar-refractivity contribution is -0.113. The first kappa shape index (κ1) is 18.9. The monoisotopic (exact) mass is 379 g/mol. The highest BCUT2D eigenvalue weighted by atomic mass is 32.2. The number of aryl methyl sites for hydroxylation is 1. The molecule has 1 heterocycles. The normalized spacial score (nSPS) is 10.4. The van der Waals surface area contributed by atoms with Gasteiger partial charge < -0.3 is 10.1 Å². The summed E-state index contributed by atoms with van der Waals surface area (Å²) in [5.41, 5.74) is 3.80. The summed E-state index contributed by atoms with van der Waals surface area (Å²) in [6, 6.07) is 19.3. The maximum atomic E-state index is 12.1. The van der Waals surface area contributed by atoms with Crippen LogP contribution in [0.1, 0.15) is 12.5 Å². The number of nitrogens with one attached hydrogen (secondary N) is 1. The molecule has 0 fully saturated rings. The molecule has 0 radical (unpaired) electrons. The molecule has 0 aliphatic heterocycles. The maximum absolute atomic E-state index is 12.1. The molecule has 0 unspecified atom stereocenters. The quantitative estimate of drug-likeness (QED) is 0.615. The molecule has 1 amide bonds. The molecule has 3 aromatic rings. The molecule has 27 heavy (non-hydrogen) atoms. The Hall–Kier alpha value is -2.86. The molecule has 0 aliphatic carbocycles. The lowest BCUT2D eigenvalue weighted by atomic mass is 10.1. The minimum atomic E-state index is -0.0646. The van der Waals surface area contributed by atoms with Gasteiger partial charge in [-0.3, -0.25) is 4.79 Å².